The summed E-state index contributed by atoms with van der Waals surface area (Å²) in [4.78, 5) is 24.6. The highest BCUT2D eigenvalue weighted by molar-refractivity contribution is 7.89. The molecule has 2 aromatic carbocycles. The van der Waals surface area contributed by atoms with Gasteiger partial charge in [0.05, 0.1) is 27.4 Å². The van der Waals surface area contributed by atoms with Crippen molar-refractivity contribution >= 4 is 42.6 Å². The minimum Gasteiger partial charge on any atom is -0.278 e. The molecule has 0 radical (unpaired) electrons. The number of amides is 1. The molecule has 0 saturated heterocycles. The van der Waals surface area contributed by atoms with E-state index in [1.165, 1.54) is 27.8 Å². The molecule has 0 N–H and O–H groups in total. The van der Waals surface area contributed by atoms with Crippen molar-refractivity contribution in [1.29, 1.82) is 0 Å². The smallest absolute Gasteiger partial charge is 0.260 e. The lowest BCUT2D eigenvalue weighted by molar-refractivity contribution is 0.0984. The number of benzene rings is 2. The normalized spacial score (nSPS) is 11.8. The van der Waals surface area contributed by atoms with Gasteiger partial charge >= 0.3 is 0 Å². The fourth-order valence-electron chi connectivity index (χ4n) is 4.00. The van der Waals surface area contributed by atoms with E-state index in [1.807, 2.05) is 38.1 Å². The summed E-state index contributed by atoms with van der Waals surface area (Å²) in [5.41, 5.74) is 4.18. The van der Waals surface area contributed by atoms with Gasteiger partial charge < -0.3 is 0 Å². The summed E-state index contributed by atoms with van der Waals surface area (Å²) >= 11 is 1.46. The van der Waals surface area contributed by atoms with Crippen LogP contribution in [0.1, 0.15) is 41.0 Å². The first-order valence-corrected chi connectivity index (χ1v) is 13.7. The summed E-state index contributed by atoms with van der Waals surface area (Å²) in [7, 11) is -3.60. The summed E-state index contributed by atoms with van der Waals surface area (Å²) in [6.45, 7) is 8.68. The Kier molecular flexibility index (Phi) is 7.30. The highest BCUT2D eigenvalue weighted by atomic mass is 32.2. The van der Waals surface area contributed by atoms with Gasteiger partial charge in [0.1, 0.15) is 0 Å². The van der Waals surface area contributed by atoms with Crippen LogP contribution in [0.4, 0.5) is 5.13 Å². The number of pyridine rings is 1. The molecule has 9 heteroatoms. The maximum absolute atomic E-state index is 13.7. The number of aromatic nitrogens is 2. The molecule has 182 valence electrons. The van der Waals surface area contributed by atoms with E-state index >= 15 is 0 Å². The van der Waals surface area contributed by atoms with Gasteiger partial charge in [0.15, 0.2) is 5.13 Å². The van der Waals surface area contributed by atoms with Gasteiger partial charge in [-0.05, 0) is 67.4 Å². The first-order chi connectivity index (χ1) is 16.7. The molecule has 0 aliphatic rings. The average Bonchev–Trinajstić information content (AvgIpc) is 3.27. The summed E-state index contributed by atoms with van der Waals surface area (Å²) in [6, 6.07) is 15.8. The van der Waals surface area contributed by atoms with E-state index < -0.39 is 10.0 Å². The van der Waals surface area contributed by atoms with Gasteiger partial charge in [0.2, 0.25) is 10.0 Å². The van der Waals surface area contributed by atoms with Gasteiger partial charge in [-0.2, -0.15) is 4.31 Å². The molecule has 4 rings (SSSR count). The third-order valence-electron chi connectivity index (χ3n) is 5.78. The largest absolute Gasteiger partial charge is 0.278 e. The highest BCUT2D eigenvalue weighted by Crippen LogP contribution is 2.33. The number of carbonyl (C=O) groups excluding carboxylic acids is 1. The van der Waals surface area contributed by atoms with Crippen molar-refractivity contribution in [2.24, 2.45) is 0 Å². The number of hydrogen-bond donors (Lipinski definition) is 0. The zero-order valence-corrected chi connectivity index (χ0v) is 21.9. The average molecular weight is 509 g/mol. The Bertz CT molecular complexity index is 1450. The van der Waals surface area contributed by atoms with Gasteiger partial charge in [-0.1, -0.05) is 37.3 Å². The summed E-state index contributed by atoms with van der Waals surface area (Å²) < 4.78 is 28.1. The summed E-state index contributed by atoms with van der Waals surface area (Å²) in [6.07, 6.45) is 1.69. The maximum Gasteiger partial charge on any atom is 0.260 e. The Labute approximate surface area is 210 Å². The third kappa shape index (κ3) is 5.12. The highest BCUT2D eigenvalue weighted by Gasteiger charge is 2.25. The minimum atomic E-state index is -3.60. The molecule has 7 nitrogen and oxygen atoms in total. The number of sulfonamides is 1. The predicted molar refractivity (Wildman–Crippen MR) is 140 cm³/mol. The van der Waals surface area contributed by atoms with Crippen molar-refractivity contribution in [3.05, 3.63) is 83.2 Å². The fraction of sp³-hybridized carbons (Fsp3) is 0.269. The van der Waals surface area contributed by atoms with Crippen molar-refractivity contribution < 1.29 is 13.2 Å². The fourth-order valence-corrected chi connectivity index (χ4v) is 6.47. The monoisotopic (exact) mass is 508 g/mol. The minimum absolute atomic E-state index is 0.167. The van der Waals surface area contributed by atoms with Crippen LogP contribution in [0.25, 0.3) is 10.2 Å². The second-order valence-electron chi connectivity index (χ2n) is 8.25. The van der Waals surface area contributed by atoms with Gasteiger partial charge in [0, 0.05) is 24.8 Å². The SMILES string of the molecule is CCN(CC)S(=O)(=O)c1ccc(C(=O)N(Cc2ccccn2)c2nc3cc(C)cc(C)c3s2)cc1. The third-order valence-corrected chi connectivity index (χ3v) is 9.07. The zero-order valence-electron chi connectivity index (χ0n) is 20.2. The van der Waals surface area contributed by atoms with Crippen LogP contribution in [0.5, 0.6) is 0 Å². The topological polar surface area (TPSA) is 83.5 Å². The second kappa shape index (κ2) is 10.2. The summed E-state index contributed by atoms with van der Waals surface area (Å²) in [5, 5.41) is 0.573. The number of hydrogen-bond acceptors (Lipinski definition) is 6. The van der Waals surface area contributed by atoms with Gasteiger partial charge in [-0.25, -0.2) is 13.4 Å². The number of aryl methyl sites for hydroxylation is 2. The number of nitrogens with zero attached hydrogens (tertiary/aromatic N) is 4. The van der Waals surface area contributed by atoms with Crippen molar-refractivity contribution in [3.8, 4) is 0 Å². The van der Waals surface area contributed by atoms with Gasteiger partial charge in [0.25, 0.3) is 5.91 Å². The molecule has 0 aliphatic heterocycles. The van der Waals surface area contributed by atoms with Crippen molar-refractivity contribution in [3.63, 3.8) is 0 Å². The van der Waals surface area contributed by atoms with Crippen LogP contribution in [-0.2, 0) is 16.6 Å². The van der Waals surface area contributed by atoms with Crippen molar-refractivity contribution in [2.75, 3.05) is 18.0 Å². The summed E-state index contributed by atoms with van der Waals surface area (Å²) in [5.74, 6) is -0.268. The van der Waals surface area contributed by atoms with E-state index in [4.69, 9.17) is 4.98 Å². The Morgan fingerprint density at radius 1 is 1.00 bits per heavy atom. The van der Waals surface area contributed by atoms with E-state index in [2.05, 4.69) is 11.1 Å². The number of carbonyl (C=O) groups is 1. The molecular formula is C26H28N4O3S2. The van der Waals surface area contributed by atoms with E-state index in [1.54, 1.807) is 37.1 Å². The van der Waals surface area contributed by atoms with Crippen LogP contribution >= 0.6 is 11.3 Å². The van der Waals surface area contributed by atoms with Crippen LogP contribution in [0.2, 0.25) is 0 Å². The van der Waals surface area contributed by atoms with E-state index in [9.17, 15) is 13.2 Å². The maximum atomic E-state index is 13.7. The first kappa shape index (κ1) is 25.0. The second-order valence-corrected chi connectivity index (χ2v) is 11.2. The van der Waals surface area contributed by atoms with Crippen molar-refractivity contribution in [2.45, 2.75) is 39.1 Å². The molecule has 1 amide bonds. The zero-order chi connectivity index (χ0) is 25.2. The molecule has 0 aliphatic carbocycles. The predicted octanol–water partition coefficient (Wildman–Crippen LogP) is 5.19. The lowest BCUT2D eigenvalue weighted by Gasteiger charge is -2.21. The number of rotatable bonds is 8. The Balaban J connectivity index is 1.73. The van der Waals surface area contributed by atoms with Crippen LogP contribution < -0.4 is 4.90 Å². The molecule has 0 unspecified atom stereocenters. The molecule has 0 spiro atoms. The van der Waals surface area contributed by atoms with Crippen molar-refractivity contribution in [1.82, 2.24) is 14.3 Å². The van der Waals surface area contributed by atoms with E-state index in [0.29, 0.717) is 23.8 Å². The number of thiazole rings is 1. The molecule has 4 aromatic rings. The Hall–Kier alpha value is -3.14. The first-order valence-electron chi connectivity index (χ1n) is 11.4. The number of fused-ring (bicyclic) bond motifs is 1. The lowest BCUT2D eigenvalue weighted by Crippen LogP contribution is -2.31. The molecule has 0 bridgehead atoms. The standard InChI is InChI=1S/C26H28N4O3S2/c1-5-29(6-2)35(32,33)22-12-10-20(11-13-22)25(31)30(17-21-9-7-8-14-27-21)26-28-23-16-18(3)15-19(4)24(23)34-26/h7-16H,5-6,17H2,1-4H3. The van der Waals surface area contributed by atoms with Crippen LogP contribution in [0.15, 0.2) is 65.7 Å². The van der Waals surface area contributed by atoms with E-state index in [0.717, 1.165) is 27.0 Å². The molecule has 0 atom stereocenters. The van der Waals surface area contributed by atoms with E-state index in [-0.39, 0.29) is 17.3 Å². The molecule has 2 aromatic heterocycles. The quantitative estimate of drug-likeness (QED) is 0.327. The molecule has 2 heterocycles. The van der Waals surface area contributed by atoms with Crippen LogP contribution in [0, 0.1) is 13.8 Å². The molecule has 0 fully saturated rings. The Morgan fingerprint density at radius 3 is 2.34 bits per heavy atom. The lowest BCUT2D eigenvalue weighted by atomic mass is 10.1. The van der Waals surface area contributed by atoms with Gasteiger partial charge in [-0.3, -0.25) is 14.7 Å². The molecule has 35 heavy (non-hydrogen) atoms. The molecular weight excluding hydrogens is 480 g/mol. The number of anilines is 1. The Morgan fingerprint density at radius 2 is 1.71 bits per heavy atom. The van der Waals surface area contributed by atoms with Crippen LogP contribution in [-0.4, -0.2) is 41.7 Å². The molecule has 0 saturated carbocycles. The van der Waals surface area contributed by atoms with Crippen LogP contribution in [0.3, 0.4) is 0 Å². The van der Waals surface area contributed by atoms with Gasteiger partial charge in [-0.15, -0.1) is 0 Å².